The van der Waals surface area contributed by atoms with Crippen LogP contribution in [0.15, 0.2) is 231 Å². The van der Waals surface area contributed by atoms with E-state index in [1.54, 1.807) is 12.4 Å². The molecule has 12 heteroatoms. The van der Waals surface area contributed by atoms with Crippen LogP contribution < -0.4 is 42.0 Å². The van der Waals surface area contributed by atoms with E-state index in [1.807, 2.05) is 97.1 Å². The second-order valence-electron chi connectivity index (χ2n) is 21.2. The van der Waals surface area contributed by atoms with Crippen LogP contribution in [-0.2, 0) is 0 Å². The highest BCUT2D eigenvalue weighted by atomic mass is 16.5. The molecule has 0 saturated heterocycles. The van der Waals surface area contributed by atoms with Crippen molar-refractivity contribution in [1.82, 2.24) is 28.9 Å². The van der Waals surface area contributed by atoms with Gasteiger partial charge in [-0.1, -0.05) is 207 Å². The van der Waals surface area contributed by atoms with E-state index in [-0.39, 0.29) is 22.9 Å². The molecule has 0 fully saturated rings. The molecule has 0 spiro atoms. The van der Waals surface area contributed by atoms with Crippen molar-refractivity contribution in [3.05, 3.63) is 265 Å². The van der Waals surface area contributed by atoms with Crippen molar-refractivity contribution in [3.8, 4) is 40.1 Å². The number of nitriles is 1. The Hall–Kier alpha value is -10.3. The van der Waals surface area contributed by atoms with Crippen LogP contribution in [0, 0.1) is 29.7 Å². The molecule has 8 aromatic carbocycles. The molecule has 0 unspecified atom stereocenters. The average molecular weight is 1060 g/mol. The number of aromatic nitrogens is 6. The minimum atomic E-state index is -0.575. The van der Waals surface area contributed by atoms with Gasteiger partial charge in [0.2, 0.25) is 0 Å². The van der Waals surface area contributed by atoms with Gasteiger partial charge in [0, 0.05) is 50.7 Å². The first kappa shape index (κ1) is 52.4. The number of benzene rings is 8. The SMILES string of the molecule is [C-]#[N+]/C(c1ncc2ccccc2n1)=c1\c2c(-c3ccc(OCC(C)C)cc3)n(B(c3ccccc3)c3ccccc3)/c(=C(/C#N)c3ncc4ccccc4n3)c2c(-c2ccc(OCC(C)C)cc2)n1B(c1ccccc1)c1ccccc1. The summed E-state index contributed by atoms with van der Waals surface area (Å²) in [5.41, 5.74) is 8.78. The zero-order chi connectivity index (χ0) is 56.1. The van der Waals surface area contributed by atoms with Crippen molar-refractivity contribution in [2.45, 2.75) is 27.7 Å². The number of para-hydroxylation sites is 2. The molecule has 0 amide bonds. The number of fused-ring (bicyclic) bond motifs is 3. The lowest BCUT2D eigenvalue weighted by atomic mass is 9.50. The molecule has 0 aliphatic heterocycles. The molecule has 82 heavy (non-hydrogen) atoms. The molecule has 0 aliphatic rings. The summed E-state index contributed by atoms with van der Waals surface area (Å²) in [7, 11) is 0. The Bertz CT molecular complexity index is 4110. The lowest BCUT2D eigenvalue weighted by Crippen LogP contribution is -2.54. The Morgan fingerprint density at radius 2 is 0.854 bits per heavy atom. The highest BCUT2D eigenvalue weighted by Crippen LogP contribution is 2.38. The summed E-state index contributed by atoms with van der Waals surface area (Å²) in [5.74, 6) is 2.53. The van der Waals surface area contributed by atoms with Crippen LogP contribution in [0.2, 0.25) is 0 Å². The molecule has 10 nitrogen and oxygen atoms in total. The van der Waals surface area contributed by atoms with Gasteiger partial charge < -0.3 is 18.4 Å². The molecular weight excluding hydrogens is 1010 g/mol. The lowest BCUT2D eigenvalue weighted by Gasteiger charge is -2.24. The monoisotopic (exact) mass is 1060 g/mol. The van der Waals surface area contributed by atoms with Crippen LogP contribution in [0.3, 0.4) is 0 Å². The maximum absolute atomic E-state index is 12.3. The molecule has 0 aliphatic carbocycles. The lowest BCUT2D eigenvalue weighted by molar-refractivity contribution is 0.271. The van der Waals surface area contributed by atoms with Crippen LogP contribution in [0.25, 0.3) is 71.2 Å². The van der Waals surface area contributed by atoms with E-state index in [9.17, 15) is 11.8 Å². The van der Waals surface area contributed by atoms with Crippen molar-refractivity contribution in [2.75, 3.05) is 13.2 Å². The van der Waals surface area contributed by atoms with E-state index in [0.717, 1.165) is 55.1 Å². The Kier molecular flexibility index (Phi) is 14.8. The molecule has 12 aromatic rings. The van der Waals surface area contributed by atoms with Crippen LogP contribution in [0.1, 0.15) is 39.3 Å². The van der Waals surface area contributed by atoms with Gasteiger partial charge in [0.05, 0.1) is 36.2 Å². The minimum absolute atomic E-state index is 0.217. The minimum Gasteiger partial charge on any atom is -0.493 e. The number of hydrogen-bond donors (Lipinski definition) is 0. The van der Waals surface area contributed by atoms with Gasteiger partial charge in [0.25, 0.3) is 5.70 Å². The standard InChI is InChI=1S/C70H56B2N8O2/c1-47(2)45-81-57-38-34-49(35-39-57)65-62-63(68(64(74-5)70-76-44-52-23-19-21-33-61(52)78-70)80(65)72(55-28-14-8-15-29-55)56-30-16-9-17-31-56)66(50-36-40-58(41-37-50)82-46-48(3)4)79(71(53-24-10-6-11-25-53)54-26-12-7-13-27-54)67(62)59(42-73)69-75-43-51-22-18-20-32-60(51)77-69/h6-41,43-44,47-48H,45-46H2,1-4H3/b67-59-,68-64+. The van der Waals surface area contributed by atoms with Gasteiger partial charge in [-0.2, -0.15) is 5.26 Å². The molecule has 0 radical (unpaired) electrons. The maximum atomic E-state index is 12.3. The predicted octanol–water partition coefficient (Wildman–Crippen LogP) is 10.8. The number of hydrogen-bond acceptors (Lipinski definition) is 7. The first-order valence-corrected chi connectivity index (χ1v) is 27.7. The third kappa shape index (κ3) is 10.2. The third-order valence-corrected chi connectivity index (χ3v) is 14.7. The fraction of sp³-hybridized carbons (Fsp3) is 0.114. The fourth-order valence-electron chi connectivity index (χ4n) is 11.0. The quantitative estimate of drug-likeness (QED) is 0.0700. The average Bonchev–Trinajstić information content (AvgIpc) is 3.97. The molecule has 4 aromatic heterocycles. The van der Waals surface area contributed by atoms with Gasteiger partial charge in [0.15, 0.2) is 11.6 Å². The van der Waals surface area contributed by atoms with Crippen molar-refractivity contribution >= 4 is 79.4 Å². The molecule has 0 atom stereocenters. The van der Waals surface area contributed by atoms with Crippen LogP contribution >= 0.6 is 0 Å². The van der Waals surface area contributed by atoms with Gasteiger partial charge >= 0.3 is 13.7 Å². The van der Waals surface area contributed by atoms with Gasteiger partial charge in [-0.05, 0) is 83.6 Å². The summed E-state index contributed by atoms with van der Waals surface area (Å²) < 4.78 is 17.4. The van der Waals surface area contributed by atoms with Crippen LogP contribution in [0.4, 0.5) is 0 Å². The van der Waals surface area contributed by atoms with Crippen molar-refractivity contribution in [3.63, 3.8) is 0 Å². The smallest absolute Gasteiger partial charge is 0.328 e. The summed E-state index contributed by atoms with van der Waals surface area (Å²) in [5, 5.41) is 16.5. The van der Waals surface area contributed by atoms with Crippen LogP contribution in [-0.4, -0.2) is 55.8 Å². The van der Waals surface area contributed by atoms with E-state index in [2.05, 4.69) is 169 Å². The molecule has 0 bridgehead atoms. The van der Waals surface area contributed by atoms with E-state index >= 15 is 0 Å². The molecule has 0 saturated carbocycles. The summed E-state index contributed by atoms with van der Waals surface area (Å²) in [6, 6.07) is 76.4. The molecule has 0 N–H and O–H groups in total. The van der Waals surface area contributed by atoms with Crippen LogP contribution in [0.5, 0.6) is 11.5 Å². The first-order chi connectivity index (χ1) is 40.3. The van der Waals surface area contributed by atoms with Gasteiger partial charge in [0.1, 0.15) is 23.1 Å². The molecular formula is C70H56B2N8O2. The molecule has 4 heterocycles. The zero-order valence-corrected chi connectivity index (χ0v) is 46.1. The number of ether oxygens (including phenoxy) is 2. The highest BCUT2D eigenvalue weighted by Gasteiger charge is 2.37. The number of rotatable bonds is 16. The fourth-order valence-corrected chi connectivity index (χ4v) is 11.0. The first-order valence-electron chi connectivity index (χ1n) is 27.7. The van der Waals surface area contributed by atoms with Crippen molar-refractivity contribution in [1.29, 1.82) is 5.26 Å². The zero-order valence-electron chi connectivity index (χ0n) is 46.1. The summed E-state index contributed by atoms with van der Waals surface area (Å²) in [4.78, 5) is 25.2. The van der Waals surface area contributed by atoms with Crippen molar-refractivity contribution in [2.24, 2.45) is 11.8 Å². The van der Waals surface area contributed by atoms with Gasteiger partial charge in [-0.3, -0.25) is 0 Å². The molecule has 12 rings (SSSR count). The normalized spacial score (nSPS) is 12.1. The second kappa shape index (κ2) is 23.2. The van der Waals surface area contributed by atoms with E-state index in [1.165, 1.54) is 0 Å². The summed E-state index contributed by atoms with van der Waals surface area (Å²) in [6.07, 6.45) is 3.58. The number of nitrogens with zero attached hydrogens (tertiary/aromatic N) is 8. The van der Waals surface area contributed by atoms with Gasteiger partial charge in [-0.25, -0.2) is 24.8 Å². The molecule has 394 valence electrons. The van der Waals surface area contributed by atoms with Crippen molar-refractivity contribution < 1.29 is 9.47 Å². The Morgan fingerprint density at radius 3 is 1.26 bits per heavy atom. The Morgan fingerprint density at radius 1 is 0.488 bits per heavy atom. The topological polar surface area (TPSA) is 108 Å². The largest absolute Gasteiger partial charge is 0.493 e. The summed E-state index contributed by atoms with van der Waals surface area (Å²) in [6.45, 7) is 18.1. The van der Waals surface area contributed by atoms with E-state index < -0.39 is 13.7 Å². The Balaban J connectivity index is 1.41. The van der Waals surface area contributed by atoms with E-state index in [4.69, 9.17) is 29.4 Å². The second-order valence-corrected chi connectivity index (χ2v) is 21.2. The summed E-state index contributed by atoms with van der Waals surface area (Å²) >= 11 is 0. The van der Waals surface area contributed by atoms with Gasteiger partial charge in [-0.15, -0.1) is 0 Å². The maximum Gasteiger partial charge on any atom is 0.328 e. The predicted molar refractivity (Wildman–Crippen MR) is 334 cm³/mol. The Labute approximate surface area is 478 Å². The highest BCUT2D eigenvalue weighted by molar-refractivity contribution is 6.85. The third-order valence-electron chi connectivity index (χ3n) is 14.7. The van der Waals surface area contributed by atoms with E-state index in [0.29, 0.717) is 69.1 Å².